The summed E-state index contributed by atoms with van der Waals surface area (Å²) < 4.78 is 5.34. The maximum absolute atomic E-state index is 12.7. The summed E-state index contributed by atoms with van der Waals surface area (Å²) >= 11 is 0. The normalized spacial score (nSPS) is 18.8. The number of amides is 1. The molecular formula is C20H21N3O4. The molecule has 1 atom stereocenters. The topological polar surface area (TPSA) is 91.8 Å². The van der Waals surface area contributed by atoms with E-state index in [1.54, 1.807) is 18.3 Å². The van der Waals surface area contributed by atoms with E-state index in [1.807, 2.05) is 18.2 Å². The van der Waals surface area contributed by atoms with Crippen LogP contribution in [-0.2, 0) is 22.4 Å². The van der Waals surface area contributed by atoms with Crippen LogP contribution in [0.15, 0.2) is 36.5 Å². The molecule has 0 saturated carbocycles. The first-order valence-electron chi connectivity index (χ1n) is 9.05. The standard InChI is InChI=1S/C20H21N3O4/c24-19(14-10-13-2-1-5-21-18(13)11-14)22-17-4-3-15(12-16(17)20(25)26)23-6-8-27-9-7-23/h1-5,12,14H,6-11H2,(H,22,24)(H,25,26). The van der Waals surface area contributed by atoms with Crippen LogP contribution >= 0.6 is 0 Å². The molecule has 140 valence electrons. The van der Waals surface area contributed by atoms with Crippen molar-refractivity contribution >= 4 is 23.3 Å². The first kappa shape index (κ1) is 17.5. The molecule has 1 aromatic heterocycles. The average molecular weight is 367 g/mol. The van der Waals surface area contributed by atoms with E-state index in [0.717, 1.165) is 30.0 Å². The zero-order chi connectivity index (χ0) is 18.8. The number of nitrogens with zero attached hydrogens (tertiary/aromatic N) is 2. The van der Waals surface area contributed by atoms with Gasteiger partial charge in [-0.3, -0.25) is 9.78 Å². The van der Waals surface area contributed by atoms with Crippen LogP contribution in [0.4, 0.5) is 11.4 Å². The summed E-state index contributed by atoms with van der Waals surface area (Å²) in [4.78, 5) is 30.8. The fraction of sp³-hybridized carbons (Fsp3) is 0.350. The summed E-state index contributed by atoms with van der Waals surface area (Å²) in [6, 6.07) is 8.99. The van der Waals surface area contributed by atoms with E-state index in [1.165, 1.54) is 0 Å². The number of anilines is 2. The number of aromatic carboxylic acids is 1. The molecule has 1 amide bonds. The minimum Gasteiger partial charge on any atom is -0.478 e. The Morgan fingerprint density at radius 1 is 1.19 bits per heavy atom. The molecule has 7 nitrogen and oxygen atoms in total. The van der Waals surface area contributed by atoms with Crippen molar-refractivity contribution < 1.29 is 19.4 Å². The van der Waals surface area contributed by atoms with Crippen molar-refractivity contribution in [1.29, 1.82) is 0 Å². The molecule has 2 heterocycles. The van der Waals surface area contributed by atoms with E-state index in [4.69, 9.17) is 4.74 Å². The van der Waals surface area contributed by atoms with Gasteiger partial charge >= 0.3 is 5.97 Å². The molecule has 1 unspecified atom stereocenters. The van der Waals surface area contributed by atoms with Gasteiger partial charge in [-0.15, -0.1) is 0 Å². The summed E-state index contributed by atoms with van der Waals surface area (Å²) in [5, 5.41) is 12.4. The molecule has 1 aliphatic heterocycles. The first-order chi connectivity index (χ1) is 13.1. The second-order valence-corrected chi connectivity index (χ2v) is 6.84. The van der Waals surface area contributed by atoms with Crippen LogP contribution in [0.5, 0.6) is 0 Å². The number of hydrogen-bond donors (Lipinski definition) is 2. The molecule has 0 spiro atoms. The lowest BCUT2D eigenvalue weighted by atomic mass is 10.0. The van der Waals surface area contributed by atoms with Crippen LogP contribution in [0, 0.1) is 5.92 Å². The third-order valence-corrected chi connectivity index (χ3v) is 5.13. The highest BCUT2D eigenvalue weighted by Gasteiger charge is 2.29. The molecule has 1 aliphatic carbocycles. The second kappa shape index (κ2) is 7.36. The van der Waals surface area contributed by atoms with Gasteiger partial charge in [-0.25, -0.2) is 4.79 Å². The van der Waals surface area contributed by atoms with Crippen molar-refractivity contribution in [3.05, 3.63) is 53.3 Å². The third kappa shape index (κ3) is 3.64. The Morgan fingerprint density at radius 3 is 2.74 bits per heavy atom. The van der Waals surface area contributed by atoms with Gasteiger partial charge in [0.25, 0.3) is 0 Å². The lowest BCUT2D eigenvalue weighted by Gasteiger charge is -2.29. The number of morpholine rings is 1. The SMILES string of the molecule is O=C(O)c1cc(N2CCOCC2)ccc1NC(=O)C1Cc2cccnc2C1. The van der Waals surface area contributed by atoms with Crippen molar-refractivity contribution in [1.82, 2.24) is 4.98 Å². The Bertz CT molecular complexity index is 852. The summed E-state index contributed by atoms with van der Waals surface area (Å²) in [5.74, 6) is -1.46. The average Bonchev–Trinajstić information content (AvgIpc) is 3.13. The maximum Gasteiger partial charge on any atom is 0.337 e. The second-order valence-electron chi connectivity index (χ2n) is 6.84. The number of pyridine rings is 1. The number of carbonyl (C=O) groups excluding carboxylic acids is 1. The molecule has 2 aromatic rings. The molecule has 4 rings (SSSR count). The van der Waals surface area contributed by atoms with Gasteiger partial charge in [0.2, 0.25) is 5.91 Å². The number of ether oxygens (including phenoxy) is 1. The largest absolute Gasteiger partial charge is 0.478 e. The van der Waals surface area contributed by atoms with Crippen LogP contribution in [0.1, 0.15) is 21.6 Å². The fourth-order valence-electron chi connectivity index (χ4n) is 3.67. The van der Waals surface area contributed by atoms with Gasteiger partial charge in [0.05, 0.1) is 24.5 Å². The van der Waals surface area contributed by atoms with Gasteiger partial charge in [0.15, 0.2) is 0 Å². The molecule has 1 saturated heterocycles. The molecule has 2 aliphatic rings. The summed E-state index contributed by atoms with van der Waals surface area (Å²) in [6.45, 7) is 2.69. The molecule has 0 radical (unpaired) electrons. The predicted octanol–water partition coefficient (Wildman–Crippen LogP) is 1.97. The maximum atomic E-state index is 12.7. The fourth-order valence-corrected chi connectivity index (χ4v) is 3.67. The van der Waals surface area contributed by atoms with Crippen LogP contribution in [-0.4, -0.2) is 48.3 Å². The zero-order valence-corrected chi connectivity index (χ0v) is 14.9. The Morgan fingerprint density at radius 2 is 2.00 bits per heavy atom. The van der Waals surface area contributed by atoms with Crippen molar-refractivity contribution in [2.75, 3.05) is 36.5 Å². The summed E-state index contributed by atoms with van der Waals surface area (Å²) in [5.41, 5.74) is 3.28. The van der Waals surface area contributed by atoms with Crippen LogP contribution in [0.3, 0.4) is 0 Å². The highest BCUT2D eigenvalue weighted by atomic mass is 16.5. The van der Waals surface area contributed by atoms with E-state index in [-0.39, 0.29) is 17.4 Å². The number of nitrogens with one attached hydrogen (secondary N) is 1. The van der Waals surface area contributed by atoms with Crippen molar-refractivity contribution in [2.45, 2.75) is 12.8 Å². The third-order valence-electron chi connectivity index (χ3n) is 5.13. The molecule has 1 aromatic carbocycles. The number of rotatable bonds is 4. The van der Waals surface area contributed by atoms with Gasteiger partial charge in [0.1, 0.15) is 0 Å². The monoisotopic (exact) mass is 367 g/mol. The van der Waals surface area contributed by atoms with Crippen molar-refractivity contribution in [3.63, 3.8) is 0 Å². The summed E-state index contributed by atoms with van der Waals surface area (Å²) in [7, 11) is 0. The Hall–Kier alpha value is -2.93. The number of carboxylic acid groups (broad SMARTS) is 1. The Balaban J connectivity index is 1.51. The van der Waals surface area contributed by atoms with Crippen molar-refractivity contribution in [3.8, 4) is 0 Å². The number of aromatic nitrogens is 1. The van der Waals surface area contributed by atoms with Gasteiger partial charge in [0, 0.05) is 43.0 Å². The first-order valence-corrected chi connectivity index (χ1v) is 9.05. The van der Waals surface area contributed by atoms with Gasteiger partial charge in [-0.2, -0.15) is 0 Å². The highest BCUT2D eigenvalue weighted by molar-refractivity contribution is 6.02. The lowest BCUT2D eigenvalue weighted by Crippen LogP contribution is -2.36. The molecular weight excluding hydrogens is 346 g/mol. The summed E-state index contributed by atoms with van der Waals surface area (Å²) in [6.07, 6.45) is 2.94. The lowest BCUT2D eigenvalue weighted by molar-refractivity contribution is -0.119. The van der Waals surface area contributed by atoms with Gasteiger partial charge in [-0.05, 0) is 36.2 Å². The Kier molecular flexibility index (Phi) is 4.77. The van der Waals surface area contributed by atoms with Gasteiger partial charge < -0.3 is 20.1 Å². The number of carbonyl (C=O) groups is 2. The smallest absolute Gasteiger partial charge is 0.337 e. The number of carboxylic acids is 1. The van der Waals surface area contributed by atoms with Crippen LogP contribution in [0.25, 0.3) is 0 Å². The van der Waals surface area contributed by atoms with E-state index in [9.17, 15) is 14.7 Å². The molecule has 0 bridgehead atoms. The molecule has 2 N–H and O–H groups in total. The minimum absolute atomic E-state index is 0.0981. The minimum atomic E-state index is -1.06. The predicted molar refractivity (Wildman–Crippen MR) is 100 cm³/mol. The van der Waals surface area contributed by atoms with Crippen LogP contribution < -0.4 is 10.2 Å². The quantitative estimate of drug-likeness (QED) is 0.858. The molecule has 7 heteroatoms. The van der Waals surface area contributed by atoms with Crippen molar-refractivity contribution in [2.24, 2.45) is 5.92 Å². The van der Waals surface area contributed by atoms with E-state index in [2.05, 4.69) is 15.2 Å². The zero-order valence-electron chi connectivity index (χ0n) is 14.9. The van der Waals surface area contributed by atoms with Crippen LogP contribution in [0.2, 0.25) is 0 Å². The molecule has 1 fully saturated rings. The van der Waals surface area contributed by atoms with E-state index < -0.39 is 5.97 Å². The number of fused-ring (bicyclic) bond motifs is 1. The highest BCUT2D eigenvalue weighted by Crippen LogP contribution is 2.28. The van der Waals surface area contributed by atoms with E-state index in [0.29, 0.717) is 31.7 Å². The van der Waals surface area contributed by atoms with E-state index >= 15 is 0 Å². The number of benzene rings is 1. The number of hydrogen-bond acceptors (Lipinski definition) is 5. The molecule has 27 heavy (non-hydrogen) atoms. The Labute approximate surface area is 157 Å². The van der Waals surface area contributed by atoms with Gasteiger partial charge in [-0.1, -0.05) is 6.07 Å².